The van der Waals surface area contributed by atoms with Gasteiger partial charge in [-0.1, -0.05) is 44.2 Å². The molecule has 1 N–H and O–H groups in total. The minimum atomic E-state index is 0.0383. The summed E-state index contributed by atoms with van der Waals surface area (Å²) in [5, 5.41) is 3.01. The Morgan fingerprint density at radius 3 is 2.44 bits per heavy atom. The molecule has 16 heavy (non-hydrogen) atoms. The minimum absolute atomic E-state index is 0.0383. The van der Waals surface area contributed by atoms with Crippen LogP contribution in [0.3, 0.4) is 0 Å². The van der Waals surface area contributed by atoms with E-state index < -0.39 is 0 Å². The molecule has 0 aromatic heterocycles. The smallest absolute Gasteiger partial charge is 0.223 e. The highest BCUT2D eigenvalue weighted by molar-refractivity contribution is 5.78. The lowest BCUT2D eigenvalue weighted by molar-refractivity contribution is -0.125. The molecule has 1 amide bonds. The van der Waals surface area contributed by atoms with Gasteiger partial charge in [0.2, 0.25) is 5.91 Å². The number of hydrogen-bond donors (Lipinski definition) is 1. The molecule has 1 aromatic carbocycles. The summed E-state index contributed by atoms with van der Waals surface area (Å²) >= 11 is 0. The van der Waals surface area contributed by atoms with E-state index in [-0.39, 0.29) is 17.9 Å². The number of nitrogens with one attached hydrogen (secondary N) is 1. The van der Waals surface area contributed by atoms with Crippen LogP contribution in [0.2, 0.25) is 0 Å². The summed E-state index contributed by atoms with van der Waals surface area (Å²) in [7, 11) is 0. The Kier molecular flexibility index (Phi) is 5.03. The van der Waals surface area contributed by atoms with E-state index in [1.165, 1.54) is 5.56 Å². The van der Waals surface area contributed by atoms with Crippen molar-refractivity contribution in [1.82, 2.24) is 5.32 Å². The molecule has 0 heterocycles. The van der Waals surface area contributed by atoms with E-state index in [0.717, 1.165) is 12.8 Å². The number of amides is 1. The SMILES string of the molecule is CCC(C)NC(=O)C(C)Cc1ccccc1. The van der Waals surface area contributed by atoms with Crippen LogP contribution in [0, 0.1) is 5.92 Å². The summed E-state index contributed by atoms with van der Waals surface area (Å²) in [6.07, 6.45) is 1.78. The Balaban J connectivity index is 2.46. The van der Waals surface area contributed by atoms with Crippen LogP contribution in [-0.4, -0.2) is 11.9 Å². The average Bonchev–Trinajstić information content (AvgIpc) is 2.30. The molecule has 0 radical (unpaired) electrons. The van der Waals surface area contributed by atoms with Gasteiger partial charge in [0, 0.05) is 12.0 Å². The van der Waals surface area contributed by atoms with Crippen LogP contribution >= 0.6 is 0 Å². The first-order valence-corrected chi connectivity index (χ1v) is 5.97. The van der Waals surface area contributed by atoms with Crippen LogP contribution in [0.25, 0.3) is 0 Å². The first kappa shape index (κ1) is 12.8. The normalized spacial score (nSPS) is 14.2. The summed E-state index contributed by atoms with van der Waals surface area (Å²) in [5.41, 5.74) is 1.22. The van der Waals surface area contributed by atoms with Crippen molar-refractivity contribution in [3.63, 3.8) is 0 Å². The fourth-order valence-corrected chi connectivity index (χ4v) is 1.55. The molecule has 0 bridgehead atoms. The second kappa shape index (κ2) is 6.31. The van der Waals surface area contributed by atoms with Crippen molar-refractivity contribution >= 4 is 5.91 Å². The first-order valence-electron chi connectivity index (χ1n) is 5.97. The van der Waals surface area contributed by atoms with Gasteiger partial charge >= 0.3 is 0 Å². The molecule has 2 heteroatoms. The van der Waals surface area contributed by atoms with Crippen molar-refractivity contribution in [1.29, 1.82) is 0 Å². The summed E-state index contributed by atoms with van der Waals surface area (Å²) in [5.74, 6) is 0.189. The van der Waals surface area contributed by atoms with E-state index in [2.05, 4.69) is 24.4 Å². The molecular formula is C14H21NO. The quantitative estimate of drug-likeness (QED) is 0.810. The van der Waals surface area contributed by atoms with Crippen LogP contribution in [-0.2, 0) is 11.2 Å². The van der Waals surface area contributed by atoms with E-state index >= 15 is 0 Å². The lowest BCUT2D eigenvalue weighted by Crippen LogP contribution is -2.36. The fraction of sp³-hybridized carbons (Fsp3) is 0.500. The van der Waals surface area contributed by atoms with Crippen molar-refractivity contribution in [2.45, 2.75) is 39.7 Å². The van der Waals surface area contributed by atoms with E-state index in [1.807, 2.05) is 32.0 Å². The minimum Gasteiger partial charge on any atom is -0.353 e. The predicted molar refractivity (Wildman–Crippen MR) is 67.2 cm³/mol. The summed E-state index contributed by atoms with van der Waals surface area (Å²) in [6, 6.07) is 10.4. The lowest BCUT2D eigenvalue weighted by Gasteiger charge is -2.16. The van der Waals surface area contributed by atoms with Crippen molar-refractivity contribution in [3.8, 4) is 0 Å². The van der Waals surface area contributed by atoms with Crippen LogP contribution in [0.1, 0.15) is 32.8 Å². The molecule has 0 aliphatic heterocycles. The summed E-state index contributed by atoms with van der Waals surface area (Å²) in [6.45, 7) is 6.09. The van der Waals surface area contributed by atoms with Gasteiger partial charge in [-0.2, -0.15) is 0 Å². The number of benzene rings is 1. The van der Waals surface area contributed by atoms with E-state index in [0.29, 0.717) is 0 Å². The number of carbonyl (C=O) groups is 1. The van der Waals surface area contributed by atoms with Crippen molar-refractivity contribution in [3.05, 3.63) is 35.9 Å². The van der Waals surface area contributed by atoms with E-state index in [4.69, 9.17) is 0 Å². The zero-order chi connectivity index (χ0) is 12.0. The predicted octanol–water partition coefficient (Wildman–Crippen LogP) is 2.78. The molecule has 1 rings (SSSR count). The first-order chi connectivity index (χ1) is 7.63. The highest BCUT2D eigenvalue weighted by Gasteiger charge is 2.14. The molecule has 0 spiro atoms. The molecule has 0 fully saturated rings. The van der Waals surface area contributed by atoms with Gasteiger partial charge in [0.15, 0.2) is 0 Å². The van der Waals surface area contributed by atoms with E-state index in [1.54, 1.807) is 0 Å². The molecular weight excluding hydrogens is 198 g/mol. The molecule has 0 aliphatic carbocycles. The van der Waals surface area contributed by atoms with Crippen LogP contribution in [0.15, 0.2) is 30.3 Å². The highest BCUT2D eigenvalue weighted by Crippen LogP contribution is 2.08. The van der Waals surface area contributed by atoms with Crippen molar-refractivity contribution in [2.24, 2.45) is 5.92 Å². The molecule has 0 saturated carbocycles. The topological polar surface area (TPSA) is 29.1 Å². The second-order valence-corrected chi connectivity index (χ2v) is 4.41. The van der Waals surface area contributed by atoms with Gasteiger partial charge in [0.25, 0.3) is 0 Å². The van der Waals surface area contributed by atoms with Gasteiger partial charge in [-0.05, 0) is 25.3 Å². The maximum Gasteiger partial charge on any atom is 0.223 e. The van der Waals surface area contributed by atoms with Gasteiger partial charge in [-0.25, -0.2) is 0 Å². The zero-order valence-corrected chi connectivity index (χ0v) is 10.4. The lowest BCUT2D eigenvalue weighted by atomic mass is 10.00. The third-order valence-corrected chi connectivity index (χ3v) is 2.83. The Hall–Kier alpha value is -1.31. The fourth-order valence-electron chi connectivity index (χ4n) is 1.55. The zero-order valence-electron chi connectivity index (χ0n) is 10.4. The standard InChI is InChI=1S/C14H21NO/c1-4-12(3)15-14(16)11(2)10-13-8-6-5-7-9-13/h5-9,11-12H,4,10H2,1-3H3,(H,15,16). The third kappa shape index (κ3) is 4.05. The van der Waals surface area contributed by atoms with Crippen LogP contribution < -0.4 is 5.32 Å². The van der Waals surface area contributed by atoms with E-state index in [9.17, 15) is 4.79 Å². The highest BCUT2D eigenvalue weighted by atomic mass is 16.1. The molecule has 2 nitrogen and oxygen atoms in total. The summed E-state index contributed by atoms with van der Waals surface area (Å²) in [4.78, 5) is 11.8. The Morgan fingerprint density at radius 1 is 1.25 bits per heavy atom. The van der Waals surface area contributed by atoms with Gasteiger partial charge < -0.3 is 5.32 Å². The number of rotatable bonds is 5. The Morgan fingerprint density at radius 2 is 1.88 bits per heavy atom. The molecule has 1 aromatic rings. The monoisotopic (exact) mass is 219 g/mol. The van der Waals surface area contributed by atoms with Crippen LogP contribution in [0.4, 0.5) is 0 Å². The second-order valence-electron chi connectivity index (χ2n) is 4.41. The third-order valence-electron chi connectivity index (χ3n) is 2.83. The van der Waals surface area contributed by atoms with Crippen molar-refractivity contribution < 1.29 is 4.79 Å². The maximum atomic E-state index is 11.8. The van der Waals surface area contributed by atoms with Gasteiger partial charge in [-0.3, -0.25) is 4.79 Å². The molecule has 2 unspecified atom stereocenters. The molecule has 0 aliphatic rings. The van der Waals surface area contributed by atoms with Gasteiger partial charge in [0.1, 0.15) is 0 Å². The summed E-state index contributed by atoms with van der Waals surface area (Å²) < 4.78 is 0. The van der Waals surface area contributed by atoms with Gasteiger partial charge in [0.05, 0.1) is 0 Å². The van der Waals surface area contributed by atoms with Crippen LogP contribution in [0.5, 0.6) is 0 Å². The Bertz CT molecular complexity index is 321. The number of carbonyl (C=O) groups excluding carboxylic acids is 1. The number of hydrogen-bond acceptors (Lipinski definition) is 1. The molecule has 88 valence electrons. The molecule has 2 atom stereocenters. The van der Waals surface area contributed by atoms with Gasteiger partial charge in [-0.15, -0.1) is 0 Å². The largest absolute Gasteiger partial charge is 0.353 e. The molecule has 0 saturated heterocycles. The Labute approximate surface area is 98.1 Å². The average molecular weight is 219 g/mol. The maximum absolute atomic E-state index is 11.8. The van der Waals surface area contributed by atoms with Crippen molar-refractivity contribution in [2.75, 3.05) is 0 Å².